The number of cyclic esters (lactones) is 1. The summed E-state index contributed by atoms with van der Waals surface area (Å²) in [4.78, 5) is 15.5. The average molecular weight is 193 g/mol. The molecule has 74 valence electrons. The molecule has 0 aliphatic carbocycles. The summed E-state index contributed by atoms with van der Waals surface area (Å²) in [6.07, 6.45) is 1.61. The number of carbonyl (C=O) groups excluding carboxylic acids is 1. The highest BCUT2D eigenvalue weighted by atomic mass is 16.6. The van der Waals surface area contributed by atoms with Crippen molar-refractivity contribution < 1.29 is 14.3 Å². The van der Waals surface area contributed by atoms with Crippen LogP contribution >= 0.6 is 0 Å². The van der Waals surface area contributed by atoms with Crippen molar-refractivity contribution in [3.05, 3.63) is 23.4 Å². The molecule has 4 heteroatoms. The molecular formula is C10H11NO3. The van der Waals surface area contributed by atoms with Crippen LogP contribution in [0.25, 0.3) is 0 Å². The Morgan fingerprint density at radius 1 is 1.50 bits per heavy atom. The van der Waals surface area contributed by atoms with Gasteiger partial charge in [-0.2, -0.15) is 0 Å². The van der Waals surface area contributed by atoms with E-state index in [0.29, 0.717) is 11.4 Å². The first-order chi connectivity index (χ1) is 6.56. The van der Waals surface area contributed by atoms with E-state index in [0.717, 1.165) is 5.56 Å². The van der Waals surface area contributed by atoms with E-state index < -0.39 is 5.60 Å². The summed E-state index contributed by atoms with van der Waals surface area (Å²) in [6.45, 7) is 3.69. The maximum absolute atomic E-state index is 11.5. The van der Waals surface area contributed by atoms with E-state index >= 15 is 0 Å². The first-order valence-corrected chi connectivity index (χ1v) is 4.33. The van der Waals surface area contributed by atoms with Crippen LogP contribution in [0.2, 0.25) is 0 Å². The average Bonchev–Trinajstić information content (AvgIpc) is 2.38. The zero-order valence-electron chi connectivity index (χ0n) is 8.33. The van der Waals surface area contributed by atoms with Crippen molar-refractivity contribution >= 4 is 5.97 Å². The van der Waals surface area contributed by atoms with Crippen molar-refractivity contribution in [3.8, 4) is 5.88 Å². The van der Waals surface area contributed by atoms with Gasteiger partial charge < -0.3 is 9.47 Å². The lowest BCUT2D eigenvalue weighted by Gasteiger charge is -2.16. The van der Waals surface area contributed by atoms with Crippen molar-refractivity contribution in [2.75, 3.05) is 7.11 Å². The fourth-order valence-corrected chi connectivity index (χ4v) is 1.63. The third kappa shape index (κ3) is 1.07. The SMILES string of the molecule is COc1nccc2c1C(=O)OC2(C)C. The predicted molar refractivity (Wildman–Crippen MR) is 49.2 cm³/mol. The molecule has 0 amide bonds. The van der Waals surface area contributed by atoms with Gasteiger partial charge in [0.2, 0.25) is 5.88 Å². The van der Waals surface area contributed by atoms with Gasteiger partial charge in [0, 0.05) is 11.8 Å². The lowest BCUT2D eigenvalue weighted by Crippen LogP contribution is -2.15. The van der Waals surface area contributed by atoms with Crippen LogP contribution in [0, 0.1) is 0 Å². The molecule has 2 heterocycles. The maximum atomic E-state index is 11.5. The minimum absolute atomic E-state index is 0.332. The van der Waals surface area contributed by atoms with Crippen molar-refractivity contribution in [2.45, 2.75) is 19.4 Å². The fraction of sp³-hybridized carbons (Fsp3) is 0.400. The highest BCUT2D eigenvalue weighted by molar-refractivity contribution is 5.96. The van der Waals surface area contributed by atoms with Gasteiger partial charge in [-0.3, -0.25) is 0 Å². The Labute approximate surface area is 81.9 Å². The largest absolute Gasteiger partial charge is 0.480 e. The molecule has 1 aliphatic rings. The summed E-state index contributed by atoms with van der Waals surface area (Å²) in [5.74, 6) is -0.0342. The Morgan fingerprint density at radius 2 is 2.21 bits per heavy atom. The lowest BCUT2D eigenvalue weighted by molar-refractivity contribution is 0.00945. The van der Waals surface area contributed by atoms with Gasteiger partial charge in [0.05, 0.1) is 7.11 Å². The number of pyridine rings is 1. The van der Waals surface area contributed by atoms with Crippen LogP contribution in [0.5, 0.6) is 5.88 Å². The van der Waals surface area contributed by atoms with Gasteiger partial charge >= 0.3 is 5.97 Å². The van der Waals surface area contributed by atoms with Gasteiger partial charge in [0.15, 0.2) is 0 Å². The first kappa shape index (κ1) is 8.99. The van der Waals surface area contributed by atoms with Crippen molar-refractivity contribution in [2.24, 2.45) is 0 Å². The van der Waals surface area contributed by atoms with Crippen LogP contribution in [0.3, 0.4) is 0 Å². The molecule has 0 N–H and O–H groups in total. The topological polar surface area (TPSA) is 48.4 Å². The summed E-state index contributed by atoms with van der Waals surface area (Å²) in [6, 6.07) is 1.78. The summed E-state index contributed by atoms with van der Waals surface area (Å²) in [7, 11) is 1.49. The molecule has 0 atom stereocenters. The smallest absolute Gasteiger partial charge is 0.344 e. The zero-order chi connectivity index (χ0) is 10.3. The Hall–Kier alpha value is -1.58. The van der Waals surface area contributed by atoms with Crippen molar-refractivity contribution in [1.82, 2.24) is 4.98 Å². The second kappa shape index (κ2) is 2.70. The number of aromatic nitrogens is 1. The van der Waals surface area contributed by atoms with Crippen LogP contribution in [-0.4, -0.2) is 18.1 Å². The molecule has 0 bridgehead atoms. The number of methoxy groups -OCH3 is 1. The number of rotatable bonds is 1. The molecule has 0 spiro atoms. The van der Waals surface area contributed by atoms with Gasteiger partial charge in [-0.25, -0.2) is 9.78 Å². The van der Waals surface area contributed by atoms with E-state index in [1.165, 1.54) is 7.11 Å². The number of nitrogens with zero attached hydrogens (tertiary/aromatic N) is 1. The highest BCUT2D eigenvalue weighted by Gasteiger charge is 2.40. The maximum Gasteiger partial charge on any atom is 0.344 e. The predicted octanol–water partition coefficient (Wildman–Crippen LogP) is 1.50. The summed E-state index contributed by atoms with van der Waals surface area (Å²) < 4.78 is 10.2. The van der Waals surface area contributed by atoms with E-state index in [1.54, 1.807) is 12.3 Å². The molecule has 0 unspecified atom stereocenters. The second-order valence-electron chi connectivity index (χ2n) is 3.64. The minimum Gasteiger partial charge on any atom is -0.480 e. The molecule has 4 nitrogen and oxygen atoms in total. The molecule has 0 saturated heterocycles. The van der Waals surface area contributed by atoms with Crippen molar-refractivity contribution in [3.63, 3.8) is 0 Å². The van der Waals surface area contributed by atoms with Gasteiger partial charge in [-0.05, 0) is 19.9 Å². The molecule has 0 radical (unpaired) electrons. The van der Waals surface area contributed by atoms with Crippen LogP contribution < -0.4 is 4.74 Å². The number of carbonyl (C=O) groups is 1. The van der Waals surface area contributed by atoms with E-state index in [9.17, 15) is 4.79 Å². The Morgan fingerprint density at radius 3 is 2.86 bits per heavy atom. The zero-order valence-corrected chi connectivity index (χ0v) is 8.33. The third-order valence-corrected chi connectivity index (χ3v) is 2.31. The molecule has 0 fully saturated rings. The van der Waals surface area contributed by atoms with Crippen molar-refractivity contribution in [1.29, 1.82) is 0 Å². The van der Waals surface area contributed by atoms with Crippen LogP contribution in [0.1, 0.15) is 29.8 Å². The normalized spacial score (nSPS) is 17.5. The summed E-state index contributed by atoms with van der Waals surface area (Å²) in [5, 5.41) is 0. The Bertz CT molecular complexity index is 398. The van der Waals surface area contributed by atoms with Crippen LogP contribution in [0.15, 0.2) is 12.3 Å². The molecule has 0 saturated carbocycles. The number of hydrogen-bond acceptors (Lipinski definition) is 4. The molecule has 14 heavy (non-hydrogen) atoms. The number of hydrogen-bond donors (Lipinski definition) is 0. The Kier molecular flexibility index (Phi) is 1.74. The van der Waals surface area contributed by atoms with E-state index in [-0.39, 0.29) is 5.97 Å². The van der Waals surface area contributed by atoms with E-state index in [2.05, 4.69) is 4.98 Å². The van der Waals surface area contributed by atoms with Gasteiger partial charge in [-0.15, -0.1) is 0 Å². The third-order valence-electron chi connectivity index (χ3n) is 2.31. The minimum atomic E-state index is -0.581. The molecule has 1 aromatic rings. The molecular weight excluding hydrogens is 182 g/mol. The molecule has 0 aromatic carbocycles. The summed E-state index contributed by atoms with van der Waals surface area (Å²) >= 11 is 0. The van der Waals surface area contributed by atoms with E-state index in [1.807, 2.05) is 13.8 Å². The molecule has 1 aromatic heterocycles. The number of esters is 1. The number of ether oxygens (including phenoxy) is 2. The standard InChI is InChI=1S/C10H11NO3/c1-10(2)6-4-5-11-8(13-3)7(6)9(12)14-10/h4-5H,1-3H3. The molecule has 1 aliphatic heterocycles. The molecule has 2 rings (SSSR count). The first-order valence-electron chi connectivity index (χ1n) is 4.33. The van der Waals surface area contributed by atoms with Gasteiger partial charge in [0.25, 0.3) is 0 Å². The lowest BCUT2D eigenvalue weighted by atomic mass is 9.98. The van der Waals surface area contributed by atoms with E-state index in [4.69, 9.17) is 9.47 Å². The monoisotopic (exact) mass is 193 g/mol. The van der Waals surface area contributed by atoms with Gasteiger partial charge in [-0.1, -0.05) is 0 Å². The Balaban J connectivity index is 2.67. The second-order valence-corrected chi connectivity index (χ2v) is 3.64. The van der Waals surface area contributed by atoms with Crippen LogP contribution in [-0.2, 0) is 10.3 Å². The van der Waals surface area contributed by atoms with Gasteiger partial charge in [0.1, 0.15) is 11.2 Å². The van der Waals surface area contributed by atoms with Crippen LogP contribution in [0.4, 0.5) is 0 Å². The number of fused-ring (bicyclic) bond motifs is 1. The highest BCUT2D eigenvalue weighted by Crippen LogP contribution is 2.38. The fourth-order valence-electron chi connectivity index (χ4n) is 1.63. The summed E-state index contributed by atoms with van der Waals surface area (Å²) in [5.41, 5.74) is 0.692. The quantitative estimate of drug-likeness (QED) is 0.634.